The van der Waals surface area contributed by atoms with Gasteiger partial charge in [0.25, 0.3) is 0 Å². The minimum absolute atomic E-state index is 0.477. The van der Waals surface area contributed by atoms with Gasteiger partial charge in [-0.1, -0.05) is 37.3 Å². The summed E-state index contributed by atoms with van der Waals surface area (Å²) in [6, 6.07) is 10.7. The molecule has 2 N–H and O–H groups in total. The zero-order valence-corrected chi connectivity index (χ0v) is 9.78. The molecule has 1 aliphatic rings. The lowest BCUT2D eigenvalue weighted by molar-refractivity contribution is -0.0150. The SMILES string of the molecule is CC1CNCCC1NOCc1ccccc1. The van der Waals surface area contributed by atoms with Gasteiger partial charge in [0, 0.05) is 6.04 Å². The van der Waals surface area contributed by atoms with Gasteiger partial charge in [0.15, 0.2) is 0 Å². The fourth-order valence-electron chi connectivity index (χ4n) is 2.00. The van der Waals surface area contributed by atoms with Crippen LogP contribution in [0.25, 0.3) is 0 Å². The quantitative estimate of drug-likeness (QED) is 0.758. The molecule has 1 aromatic rings. The Morgan fingerprint density at radius 2 is 2.19 bits per heavy atom. The average Bonchev–Trinajstić information content (AvgIpc) is 2.33. The maximum atomic E-state index is 5.55. The maximum Gasteiger partial charge on any atom is 0.0933 e. The molecule has 3 heteroatoms. The maximum absolute atomic E-state index is 5.55. The molecule has 0 spiro atoms. The molecule has 2 rings (SSSR count). The van der Waals surface area contributed by atoms with E-state index in [0.717, 1.165) is 19.5 Å². The van der Waals surface area contributed by atoms with Gasteiger partial charge in [0.05, 0.1) is 6.61 Å². The van der Waals surface area contributed by atoms with E-state index in [1.807, 2.05) is 18.2 Å². The van der Waals surface area contributed by atoms with Crippen molar-refractivity contribution in [3.63, 3.8) is 0 Å². The van der Waals surface area contributed by atoms with Gasteiger partial charge >= 0.3 is 0 Å². The molecule has 0 bridgehead atoms. The standard InChI is InChI=1S/C13H20N2O/c1-11-9-14-8-7-13(11)15-16-10-12-5-3-2-4-6-12/h2-6,11,13-15H,7-10H2,1H3. The van der Waals surface area contributed by atoms with E-state index in [-0.39, 0.29) is 0 Å². The van der Waals surface area contributed by atoms with Crippen LogP contribution in [0.15, 0.2) is 30.3 Å². The summed E-state index contributed by atoms with van der Waals surface area (Å²) in [6.45, 7) is 5.04. The van der Waals surface area contributed by atoms with Crippen LogP contribution in [0.5, 0.6) is 0 Å². The van der Waals surface area contributed by atoms with Crippen molar-refractivity contribution in [3.05, 3.63) is 35.9 Å². The predicted molar refractivity (Wildman–Crippen MR) is 64.8 cm³/mol. The van der Waals surface area contributed by atoms with Crippen LogP contribution in [0.2, 0.25) is 0 Å². The van der Waals surface area contributed by atoms with Crippen LogP contribution in [-0.4, -0.2) is 19.1 Å². The largest absolute Gasteiger partial charge is 0.316 e. The fraction of sp³-hybridized carbons (Fsp3) is 0.538. The highest BCUT2D eigenvalue weighted by atomic mass is 16.6. The predicted octanol–water partition coefficient (Wildman–Crippen LogP) is 1.71. The number of piperidine rings is 1. The first kappa shape index (κ1) is 11.6. The van der Waals surface area contributed by atoms with Gasteiger partial charge in [0.2, 0.25) is 0 Å². The Morgan fingerprint density at radius 3 is 2.94 bits per heavy atom. The molecule has 3 nitrogen and oxygen atoms in total. The van der Waals surface area contributed by atoms with Crippen molar-refractivity contribution in [2.45, 2.75) is 26.0 Å². The van der Waals surface area contributed by atoms with Crippen molar-refractivity contribution in [1.82, 2.24) is 10.8 Å². The lowest BCUT2D eigenvalue weighted by Gasteiger charge is -2.29. The molecule has 0 saturated carbocycles. The zero-order chi connectivity index (χ0) is 11.2. The van der Waals surface area contributed by atoms with Crippen molar-refractivity contribution in [2.24, 2.45) is 5.92 Å². The van der Waals surface area contributed by atoms with Gasteiger partial charge in [-0.3, -0.25) is 4.84 Å². The molecule has 16 heavy (non-hydrogen) atoms. The van der Waals surface area contributed by atoms with Crippen LogP contribution in [0.1, 0.15) is 18.9 Å². The van der Waals surface area contributed by atoms with E-state index in [1.165, 1.54) is 5.56 Å². The summed E-state index contributed by atoms with van der Waals surface area (Å²) in [5.41, 5.74) is 4.39. The van der Waals surface area contributed by atoms with Crippen LogP contribution < -0.4 is 10.8 Å². The monoisotopic (exact) mass is 220 g/mol. The Labute approximate surface area is 97.1 Å². The lowest BCUT2D eigenvalue weighted by Crippen LogP contribution is -2.46. The van der Waals surface area contributed by atoms with Crippen LogP contribution in [0.4, 0.5) is 0 Å². The second-order valence-electron chi connectivity index (χ2n) is 4.47. The van der Waals surface area contributed by atoms with E-state index in [2.05, 4.69) is 29.9 Å². The van der Waals surface area contributed by atoms with Crippen LogP contribution in [0.3, 0.4) is 0 Å². The molecule has 88 valence electrons. The van der Waals surface area contributed by atoms with Crippen molar-refractivity contribution in [1.29, 1.82) is 0 Å². The van der Waals surface area contributed by atoms with Gasteiger partial charge in [0.1, 0.15) is 0 Å². The summed E-state index contributed by atoms with van der Waals surface area (Å²) in [4.78, 5) is 5.55. The normalized spacial score (nSPS) is 25.6. The molecule has 0 radical (unpaired) electrons. The Kier molecular flexibility index (Phi) is 4.34. The van der Waals surface area contributed by atoms with E-state index >= 15 is 0 Å². The van der Waals surface area contributed by atoms with E-state index < -0.39 is 0 Å². The van der Waals surface area contributed by atoms with Gasteiger partial charge in [-0.15, -0.1) is 0 Å². The smallest absolute Gasteiger partial charge is 0.0933 e. The fourth-order valence-corrected chi connectivity index (χ4v) is 2.00. The first-order valence-electron chi connectivity index (χ1n) is 5.98. The average molecular weight is 220 g/mol. The molecule has 1 fully saturated rings. The van der Waals surface area contributed by atoms with E-state index in [1.54, 1.807) is 0 Å². The van der Waals surface area contributed by atoms with Crippen LogP contribution in [0, 0.1) is 5.92 Å². The minimum Gasteiger partial charge on any atom is -0.316 e. The summed E-state index contributed by atoms with van der Waals surface area (Å²) >= 11 is 0. The second kappa shape index (κ2) is 5.99. The molecule has 1 saturated heterocycles. The third-order valence-corrected chi connectivity index (χ3v) is 3.10. The number of benzene rings is 1. The third kappa shape index (κ3) is 3.30. The Morgan fingerprint density at radius 1 is 1.38 bits per heavy atom. The van der Waals surface area contributed by atoms with Crippen molar-refractivity contribution >= 4 is 0 Å². The molecule has 0 aromatic heterocycles. The molecule has 0 amide bonds. The number of hydroxylamine groups is 1. The van der Waals surface area contributed by atoms with Crippen molar-refractivity contribution in [2.75, 3.05) is 13.1 Å². The molecule has 2 unspecified atom stereocenters. The van der Waals surface area contributed by atoms with Crippen LogP contribution in [-0.2, 0) is 11.4 Å². The Bertz CT molecular complexity index is 302. The Balaban J connectivity index is 1.71. The molecule has 2 atom stereocenters. The first-order chi connectivity index (χ1) is 7.86. The molecular formula is C13H20N2O. The first-order valence-corrected chi connectivity index (χ1v) is 5.98. The van der Waals surface area contributed by atoms with E-state index in [0.29, 0.717) is 18.6 Å². The van der Waals surface area contributed by atoms with Crippen molar-refractivity contribution < 1.29 is 4.84 Å². The summed E-state index contributed by atoms with van der Waals surface area (Å²) < 4.78 is 0. The molecule has 1 heterocycles. The summed E-state index contributed by atoms with van der Waals surface area (Å²) in [6.07, 6.45) is 1.13. The number of nitrogens with one attached hydrogen (secondary N) is 2. The van der Waals surface area contributed by atoms with Gasteiger partial charge in [-0.25, -0.2) is 0 Å². The number of hydrogen-bond acceptors (Lipinski definition) is 3. The number of hydrogen-bond donors (Lipinski definition) is 2. The Hall–Kier alpha value is -0.900. The summed E-state index contributed by atoms with van der Waals surface area (Å²) in [5.74, 6) is 0.629. The van der Waals surface area contributed by atoms with E-state index in [9.17, 15) is 0 Å². The summed E-state index contributed by atoms with van der Waals surface area (Å²) in [7, 11) is 0. The third-order valence-electron chi connectivity index (χ3n) is 3.10. The van der Waals surface area contributed by atoms with Gasteiger partial charge in [-0.05, 0) is 31.0 Å². The second-order valence-corrected chi connectivity index (χ2v) is 4.47. The highest BCUT2D eigenvalue weighted by Gasteiger charge is 2.20. The highest BCUT2D eigenvalue weighted by Crippen LogP contribution is 2.10. The van der Waals surface area contributed by atoms with Gasteiger partial charge < -0.3 is 5.32 Å². The van der Waals surface area contributed by atoms with Crippen molar-refractivity contribution in [3.8, 4) is 0 Å². The molecular weight excluding hydrogens is 200 g/mol. The van der Waals surface area contributed by atoms with Gasteiger partial charge in [-0.2, -0.15) is 5.48 Å². The molecule has 1 aromatic carbocycles. The molecule has 1 aliphatic heterocycles. The highest BCUT2D eigenvalue weighted by molar-refractivity contribution is 5.13. The number of rotatable bonds is 4. The topological polar surface area (TPSA) is 33.3 Å². The van der Waals surface area contributed by atoms with E-state index in [4.69, 9.17) is 4.84 Å². The summed E-state index contributed by atoms with van der Waals surface area (Å²) in [5, 5.41) is 3.38. The zero-order valence-electron chi connectivity index (χ0n) is 9.78. The minimum atomic E-state index is 0.477. The van der Waals surface area contributed by atoms with Crippen LogP contribution >= 0.6 is 0 Å². The molecule has 0 aliphatic carbocycles. The lowest BCUT2D eigenvalue weighted by atomic mass is 9.96.